The minimum Gasteiger partial charge on any atom is -0.497 e. The van der Waals surface area contributed by atoms with Crippen LogP contribution in [-0.2, 0) is 10.0 Å². The second kappa shape index (κ2) is 8.99. The van der Waals surface area contributed by atoms with Gasteiger partial charge in [0.2, 0.25) is 0 Å². The van der Waals surface area contributed by atoms with Gasteiger partial charge in [-0.1, -0.05) is 12.1 Å². The molecule has 1 aromatic heterocycles. The average molecular weight is 458 g/mol. The van der Waals surface area contributed by atoms with E-state index >= 15 is 0 Å². The maximum Gasteiger partial charge on any atom is 0.271 e. The van der Waals surface area contributed by atoms with Crippen molar-refractivity contribution >= 4 is 38.6 Å². The van der Waals surface area contributed by atoms with E-state index in [1.165, 1.54) is 0 Å². The van der Waals surface area contributed by atoms with Gasteiger partial charge in [-0.15, -0.1) is 11.3 Å². The van der Waals surface area contributed by atoms with Gasteiger partial charge in [-0.25, -0.2) is 8.42 Å². The Kier molecular flexibility index (Phi) is 6.15. The van der Waals surface area contributed by atoms with Crippen LogP contribution in [0.4, 0.5) is 11.4 Å². The number of carbonyl (C=O) groups excluding carboxylic acids is 1. The van der Waals surface area contributed by atoms with Crippen LogP contribution in [0.3, 0.4) is 0 Å². The molecule has 1 aliphatic heterocycles. The second-order valence-electron chi connectivity index (χ2n) is 7.10. The van der Waals surface area contributed by atoms with E-state index in [4.69, 9.17) is 4.74 Å². The van der Waals surface area contributed by atoms with Crippen LogP contribution in [-0.4, -0.2) is 52.5 Å². The molecule has 0 radical (unpaired) electrons. The molecule has 0 unspecified atom stereocenters. The molecule has 4 rings (SSSR count). The molecule has 1 aliphatic rings. The Morgan fingerprint density at radius 2 is 1.74 bits per heavy atom. The van der Waals surface area contributed by atoms with Crippen molar-refractivity contribution < 1.29 is 17.9 Å². The predicted octanol–water partition coefficient (Wildman–Crippen LogP) is 3.52. The zero-order chi connectivity index (χ0) is 21.8. The molecule has 1 amide bonds. The molecule has 0 atom stereocenters. The van der Waals surface area contributed by atoms with Crippen LogP contribution in [0.1, 0.15) is 10.4 Å². The van der Waals surface area contributed by atoms with Gasteiger partial charge in [0.1, 0.15) is 9.96 Å². The molecule has 31 heavy (non-hydrogen) atoms. The molecular formula is C22H23N3O4S2. The van der Waals surface area contributed by atoms with Crippen molar-refractivity contribution in [1.82, 2.24) is 4.90 Å². The molecule has 1 N–H and O–H groups in total. The average Bonchev–Trinajstić information content (AvgIpc) is 3.35. The molecule has 1 saturated heterocycles. The number of anilines is 2. The van der Waals surface area contributed by atoms with Crippen LogP contribution < -0.4 is 14.4 Å². The largest absolute Gasteiger partial charge is 0.497 e. The summed E-state index contributed by atoms with van der Waals surface area (Å²) in [7, 11) is -2.01. The number of amides is 1. The van der Waals surface area contributed by atoms with E-state index in [1.54, 1.807) is 53.8 Å². The van der Waals surface area contributed by atoms with Gasteiger partial charge in [-0.3, -0.25) is 9.52 Å². The van der Waals surface area contributed by atoms with Crippen LogP contribution in [0.25, 0.3) is 0 Å². The molecule has 0 aliphatic carbocycles. The number of ether oxygens (including phenoxy) is 1. The van der Waals surface area contributed by atoms with Gasteiger partial charge >= 0.3 is 0 Å². The highest BCUT2D eigenvalue weighted by Gasteiger charge is 2.23. The number of methoxy groups -OCH3 is 1. The molecule has 1 fully saturated rings. The van der Waals surface area contributed by atoms with Crippen LogP contribution in [0.5, 0.6) is 5.75 Å². The third kappa shape index (κ3) is 4.83. The number of thiophene rings is 1. The second-order valence-corrected chi connectivity index (χ2v) is 9.95. The minimum absolute atomic E-state index is 0.105. The Hall–Kier alpha value is -3.04. The van der Waals surface area contributed by atoms with E-state index in [0.29, 0.717) is 24.3 Å². The maximum absolute atomic E-state index is 13.0. The molecule has 0 saturated carbocycles. The third-order valence-electron chi connectivity index (χ3n) is 5.13. The van der Waals surface area contributed by atoms with Gasteiger partial charge in [-0.2, -0.15) is 0 Å². The summed E-state index contributed by atoms with van der Waals surface area (Å²) in [4.78, 5) is 17.0. The normalized spacial score (nSPS) is 14.4. The summed E-state index contributed by atoms with van der Waals surface area (Å²) in [5.74, 6) is 0.707. The van der Waals surface area contributed by atoms with E-state index < -0.39 is 10.0 Å². The van der Waals surface area contributed by atoms with Crippen molar-refractivity contribution in [2.45, 2.75) is 4.21 Å². The van der Waals surface area contributed by atoms with E-state index in [-0.39, 0.29) is 10.1 Å². The summed E-state index contributed by atoms with van der Waals surface area (Å²) < 4.78 is 32.9. The fourth-order valence-corrected chi connectivity index (χ4v) is 5.52. The van der Waals surface area contributed by atoms with Gasteiger partial charge in [0.05, 0.1) is 7.11 Å². The lowest BCUT2D eigenvalue weighted by molar-refractivity contribution is 0.0747. The quantitative estimate of drug-likeness (QED) is 0.613. The van der Waals surface area contributed by atoms with Gasteiger partial charge < -0.3 is 14.5 Å². The Labute approximate surface area is 185 Å². The van der Waals surface area contributed by atoms with Crippen molar-refractivity contribution in [2.24, 2.45) is 0 Å². The minimum atomic E-state index is -3.65. The first-order chi connectivity index (χ1) is 15.0. The number of benzene rings is 2. The van der Waals surface area contributed by atoms with Crippen molar-refractivity contribution in [1.29, 1.82) is 0 Å². The van der Waals surface area contributed by atoms with Crippen LogP contribution >= 0.6 is 11.3 Å². The number of piperazine rings is 1. The molecule has 162 valence electrons. The maximum atomic E-state index is 13.0. The van der Waals surface area contributed by atoms with Crippen LogP contribution in [0.15, 0.2) is 70.3 Å². The molecule has 3 aromatic rings. The van der Waals surface area contributed by atoms with Crippen molar-refractivity contribution in [3.8, 4) is 5.75 Å². The van der Waals surface area contributed by atoms with E-state index in [0.717, 1.165) is 35.9 Å². The lowest BCUT2D eigenvalue weighted by atomic mass is 10.1. The highest BCUT2D eigenvalue weighted by Crippen LogP contribution is 2.23. The summed E-state index contributed by atoms with van der Waals surface area (Å²) in [5.41, 5.74) is 1.93. The Bertz CT molecular complexity index is 1140. The van der Waals surface area contributed by atoms with Crippen molar-refractivity contribution in [3.63, 3.8) is 0 Å². The van der Waals surface area contributed by atoms with E-state index in [2.05, 4.69) is 9.62 Å². The number of nitrogens with one attached hydrogen (secondary N) is 1. The van der Waals surface area contributed by atoms with E-state index in [9.17, 15) is 13.2 Å². The molecule has 0 spiro atoms. The fraction of sp³-hybridized carbons (Fsp3) is 0.227. The zero-order valence-electron chi connectivity index (χ0n) is 17.0. The van der Waals surface area contributed by atoms with Crippen LogP contribution in [0.2, 0.25) is 0 Å². The summed E-state index contributed by atoms with van der Waals surface area (Å²) in [6.07, 6.45) is 0. The Morgan fingerprint density at radius 3 is 2.39 bits per heavy atom. The third-order valence-corrected chi connectivity index (χ3v) is 7.90. The molecule has 9 heteroatoms. The Morgan fingerprint density at radius 1 is 1.00 bits per heavy atom. The number of hydrogen-bond acceptors (Lipinski definition) is 6. The fourth-order valence-electron chi connectivity index (χ4n) is 3.48. The van der Waals surface area contributed by atoms with Crippen LogP contribution in [0, 0.1) is 0 Å². The summed E-state index contributed by atoms with van der Waals surface area (Å²) >= 11 is 1.15. The number of rotatable bonds is 6. The van der Waals surface area contributed by atoms with Gasteiger partial charge in [0, 0.05) is 43.1 Å². The predicted molar refractivity (Wildman–Crippen MR) is 123 cm³/mol. The lowest BCUT2D eigenvalue weighted by Gasteiger charge is -2.36. The standard InChI is InChI=1S/C22H23N3O4S2/c1-29-20-9-7-19(8-10-20)24-11-13-25(14-12-24)22(26)17-4-2-5-18(16-17)23-31(27,28)21-6-3-15-30-21/h2-10,15-16,23H,11-14H2,1H3. The summed E-state index contributed by atoms with van der Waals surface area (Å²) in [5, 5.41) is 1.71. The topological polar surface area (TPSA) is 79.0 Å². The van der Waals surface area contributed by atoms with Gasteiger partial charge in [0.25, 0.3) is 15.9 Å². The molecule has 0 bridgehead atoms. The zero-order valence-corrected chi connectivity index (χ0v) is 18.7. The SMILES string of the molecule is COc1ccc(N2CCN(C(=O)c3cccc(NS(=O)(=O)c4cccs4)c3)CC2)cc1. The van der Waals surface area contributed by atoms with E-state index in [1.807, 2.05) is 24.3 Å². The first-order valence-corrected chi connectivity index (χ1v) is 12.2. The van der Waals surface area contributed by atoms with Crippen molar-refractivity contribution in [3.05, 3.63) is 71.6 Å². The van der Waals surface area contributed by atoms with Gasteiger partial charge in [-0.05, 0) is 53.9 Å². The lowest BCUT2D eigenvalue weighted by Crippen LogP contribution is -2.48. The highest BCUT2D eigenvalue weighted by molar-refractivity contribution is 7.94. The summed E-state index contributed by atoms with van der Waals surface area (Å²) in [6.45, 7) is 2.64. The Balaban J connectivity index is 1.40. The number of hydrogen-bond donors (Lipinski definition) is 1. The molecule has 7 nitrogen and oxygen atoms in total. The first-order valence-electron chi connectivity index (χ1n) is 9.81. The summed E-state index contributed by atoms with van der Waals surface area (Å²) in [6, 6.07) is 17.7. The number of nitrogens with zero attached hydrogens (tertiary/aromatic N) is 2. The monoisotopic (exact) mass is 457 g/mol. The highest BCUT2D eigenvalue weighted by atomic mass is 32.2. The smallest absolute Gasteiger partial charge is 0.271 e. The number of carbonyl (C=O) groups is 1. The number of sulfonamides is 1. The molecule has 2 aromatic carbocycles. The molecular weight excluding hydrogens is 434 g/mol. The molecule has 2 heterocycles. The van der Waals surface area contributed by atoms with Crippen molar-refractivity contribution in [2.75, 3.05) is 42.9 Å². The van der Waals surface area contributed by atoms with Gasteiger partial charge in [0.15, 0.2) is 0 Å². The first kappa shape index (κ1) is 21.2.